The van der Waals surface area contributed by atoms with Crippen LogP contribution in [0.25, 0.3) is 6.08 Å². The topological polar surface area (TPSA) is 79.0 Å². The van der Waals surface area contributed by atoms with Crippen molar-refractivity contribution >= 4 is 35.2 Å². The Bertz CT molecular complexity index is 1040. The van der Waals surface area contributed by atoms with Crippen molar-refractivity contribution in [1.82, 2.24) is 4.90 Å². The first kappa shape index (κ1) is 22.6. The number of benzene rings is 2. The summed E-state index contributed by atoms with van der Waals surface area (Å²) in [7, 11) is 1.56. The van der Waals surface area contributed by atoms with Gasteiger partial charge in [-0.15, -0.1) is 0 Å². The van der Waals surface area contributed by atoms with Gasteiger partial charge in [-0.25, -0.2) is 0 Å². The lowest BCUT2D eigenvalue weighted by Crippen LogP contribution is -2.40. The molecule has 2 aromatic rings. The maximum atomic E-state index is 12.8. The highest BCUT2D eigenvalue weighted by molar-refractivity contribution is 5.98. The number of nitrogens with one attached hydrogen (secondary N) is 1. The highest BCUT2D eigenvalue weighted by atomic mass is 16.5. The Morgan fingerprint density at radius 2 is 1.82 bits per heavy atom. The first-order valence-corrected chi connectivity index (χ1v) is 11.4. The van der Waals surface area contributed by atoms with Crippen LogP contribution >= 0.6 is 0 Å². The fourth-order valence-electron chi connectivity index (χ4n) is 4.32. The van der Waals surface area contributed by atoms with Crippen molar-refractivity contribution < 1.29 is 19.1 Å². The predicted molar refractivity (Wildman–Crippen MR) is 128 cm³/mol. The number of methoxy groups -OCH3 is 1. The quantitative estimate of drug-likeness (QED) is 0.685. The zero-order chi connectivity index (χ0) is 23.2. The van der Waals surface area contributed by atoms with E-state index in [1.807, 2.05) is 42.5 Å². The predicted octanol–water partition coefficient (Wildman–Crippen LogP) is 3.71. The van der Waals surface area contributed by atoms with Gasteiger partial charge in [0.2, 0.25) is 17.7 Å². The molecule has 0 radical (unpaired) electrons. The molecule has 0 bridgehead atoms. The van der Waals surface area contributed by atoms with Crippen LogP contribution in [0.1, 0.15) is 31.2 Å². The molecule has 2 aliphatic heterocycles. The average molecular weight is 448 g/mol. The number of hydrogen-bond acceptors (Lipinski definition) is 4. The first-order valence-electron chi connectivity index (χ1n) is 11.4. The number of nitrogens with zero attached hydrogens (tertiary/aromatic N) is 2. The van der Waals surface area contributed by atoms with Gasteiger partial charge in [-0.3, -0.25) is 14.4 Å². The number of carbonyl (C=O) groups is 3. The lowest BCUT2D eigenvalue weighted by molar-refractivity contribution is -0.130. The van der Waals surface area contributed by atoms with Crippen LogP contribution in [-0.4, -0.2) is 49.4 Å². The Balaban J connectivity index is 1.31. The summed E-state index contributed by atoms with van der Waals surface area (Å²) >= 11 is 0. The van der Waals surface area contributed by atoms with Crippen LogP contribution < -0.4 is 15.0 Å². The van der Waals surface area contributed by atoms with Crippen LogP contribution in [0, 0.1) is 5.92 Å². The molecular formula is C26H29N3O4. The van der Waals surface area contributed by atoms with Crippen molar-refractivity contribution in [3.05, 3.63) is 60.2 Å². The molecule has 2 heterocycles. The highest BCUT2D eigenvalue weighted by Crippen LogP contribution is 2.34. The van der Waals surface area contributed by atoms with E-state index in [9.17, 15) is 14.4 Å². The largest absolute Gasteiger partial charge is 0.494 e. The van der Waals surface area contributed by atoms with Gasteiger partial charge in [0.25, 0.3) is 0 Å². The van der Waals surface area contributed by atoms with E-state index in [1.165, 1.54) is 0 Å². The van der Waals surface area contributed by atoms with Gasteiger partial charge < -0.3 is 19.9 Å². The summed E-state index contributed by atoms with van der Waals surface area (Å²) in [6.07, 6.45) is 6.03. The Kier molecular flexibility index (Phi) is 7.07. The number of carbonyl (C=O) groups excluding carboxylic acids is 3. The summed E-state index contributed by atoms with van der Waals surface area (Å²) in [5, 5.41) is 2.97. The maximum Gasteiger partial charge on any atom is 0.246 e. The van der Waals surface area contributed by atoms with Crippen LogP contribution in [0.2, 0.25) is 0 Å². The van der Waals surface area contributed by atoms with Gasteiger partial charge in [0, 0.05) is 49.8 Å². The van der Waals surface area contributed by atoms with Crippen molar-refractivity contribution in [2.75, 3.05) is 37.0 Å². The normalized spacial score (nSPS) is 16.9. The van der Waals surface area contributed by atoms with Crippen molar-refractivity contribution in [1.29, 1.82) is 0 Å². The minimum atomic E-state index is -0.155. The van der Waals surface area contributed by atoms with Crippen LogP contribution in [0.5, 0.6) is 5.75 Å². The number of piperidine rings is 1. The number of hydrogen-bond donors (Lipinski definition) is 1. The van der Waals surface area contributed by atoms with Crippen LogP contribution in [0.4, 0.5) is 11.4 Å². The summed E-state index contributed by atoms with van der Waals surface area (Å²) in [5.74, 6) is 0.403. The number of amides is 3. The number of likely N-dealkylation sites (tertiary alicyclic amines) is 1. The van der Waals surface area contributed by atoms with E-state index in [-0.39, 0.29) is 23.6 Å². The minimum absolute atomic E-state index is 0.0329. The van der Waals surface area contributed by atoms with Gasteiger partial charge in [-0.2, -0.15) is 0 Å². The third-order valence-electron chi connectivity index (χ3n) is 6.21. The molecule has 2 aliphatic rings. The van der Waals surface area contributed by atoms with Crippen molar-refractivity contribution in [2.45, 2.75) is 25.7 Å². The second kappa shape index (κ2) is 10.3. The molecule has 0 aromatic heterocycles. The molecule has 2 fully saturated rings. The molecule has 0 saturated carbocycles. The summed E-state index contributed by atoms with van der Waals surface area (Å²) in [6.45, 7) is 1.78. The molecule has 0 spiro atoms. The molecule has 2 saturated heterocycles. The molecule has 1 N–H and O–H groups in total. The molecule has 0 unspecified atom stereocenters. The lowest BCUT2D eigenvalue weighted by Gasteiger charge is -2.30. The third-order valence-corrected chi connectivity index (χ3v) is 6.21. The van der Waals surface area contributed by atoms with Crippen LogP contribution in [0.15, 0.2) is 54.6 Å². The number of anilines is 2. The smallest absolute Gasteiger partial charge is 0.246 e. The monoisotopic (exact) mass is 447 g/mol. The van der Waals surface area contributed by atoms with Gasteiger partial charge in [0.1, 0.15) is 5.75 Å². The molecule has 7 heteroatoms. The molecule has 0 atom stereocenters. The van der Waals surface area contributed by atoms with E-state index < -0.39 is 0 Å². The van der Waals surface area contributed by atoms with Crippen LogP contribution in [0.3, 0.4) is 0 Å². The van der Waals surface area contributed by atoms with Crippen molar-refractivity contribution in [3.8, 4) is 5.75 Å². The molecule has 3 amide bonds. The maximum absolute atomic E-state index is 12.8. The van der Waals surface area contributed by atoms with Gasteiger partial charge in [-0.05, 0) is 43.0 Å². The van der Waals surface area contributed by atoms with Crippen molar-refractivity contribution in [3.63, 3.8) is 0 Å². The molecule has 172 valence electrons. The Morgan fingerprint density at radius 1 is 1.06 bits per heavy atom. The Morgan fingerprint density at radius 3 is 2.48 bits per heavy atom. The average Bonchev–Trinajstić information content (AvgIpc) is 3.28. The number of rotatable bonds is 6. The summed E-state index contributed by atoms with van der Waals surface area (Å²) in [4.78, 5) is 40.9. The molecular weight excluding hydrogens is 418 g/mol. The van der Waals surface area contributed by atoms with E-state index in [4.69, 9.17) is 4.74 Å². The SMILES string of the molecule is COc1cc(NC(=O)C2CCN(C(=O)/C=C/c3ccccc3)CC2)ccc1N1CCCC1=O. The van der Waals surface area contributed by atoms with E-state index in [2.05, 4.69) is 5.32 Å². The van der Waals surface area contributed by atoms with E-state index in [1.54, 1.807) is 35.1 Å². The van der Waals surface area contributed by atoms with E-state index in [0.29, 0.717) is 50.3 Å². The van der Waals surface area contributed by atoms with Gasteiger partial charge in [-0.1, -0.05) is 30.3 Å². The highest BCUT2D eigenvalue weighted by Gasteiger charge is 2.28. The molecule has 2 aromatic carbocycles. The zero-order valence-electron chi connectivity index (χ0n) is 18.8. The summed E-state index contributed by atoms with van der Waals surface area (Å²) in [5.41, 5.74) is 2.35. The Hall–Kier alpha value is -3.61. The van der Waals surface area contributed by atoms with Crippen LogP contribution in [-0.2, 0) is 14.4 Å². The fraction of sp³-hybridized carbons (Fsp3) is 0.346. The molecule has 33 heavy (non-hydrogen) atoms. The second-order valence-electron chi connectivity index (χ2n) is 8.37. The molecule has 4 rings (SSSR count). The van der Waals surface area contributed by atoms with E-state index >= 15 is 0 Å². The molecule has 0 aliphatic carbocycles. The van der Waals surface area contributed by atoms with Gasteiger partial charge in [0.15, 0.2) is 0 Å². The summed E-state index contributed by atoms with van der Waals surface area (Å²) in [6, 6.07) is 15.1. The minimum Gasteiger partial charge on any atom is -0.494 e. The van der Waals surface area contributed by atoms with Gasteiger partial charge >= 0.3 is 0 Å². The van der Waals surface area contributed by atoms with Gasteiger partial charge in [0.05, 0.1) is 12.8 Å². The Labute approximate surface area is 194 Å². The first-order chi connectivity index (χ1) is 16.0. The third kappa shape index (κ3) is 5.42. The zero-order valence-corrected chi connectivity index (χ0v) is 18.8. The fourth-order valence-corrected chi connectivity index (χ4v) is 4.32. The second-order valence-corrected chi connectivity index (χ2v) is 8.37. The standard InChI is InChI=1S/C26H29N3O4/c1-33-23-18-21(10-11-22(23)29-15-5-8-25(29)31)27-26(32)20-13-16-28(17-14-20)24(30)12-9-19-6-3-2-4-7-19/h2-4,6-7,9-12,18,20H,5,8,13-17H2,1H3,(H,27,32)/b12-9+. The summed E-state index contributed by atoms with van der Waals surface area (Å²) < 4.78 is 5.47. The lowest BCUT2D eigenvalue weighted by atomic mass is 9.95. The van der Waals surface area contributed by atoms with E-state index in [0.717, 1.165) is 17.7 Å². The number of ether oxygens (including phenoxy) is 1. The van der Waals surface area contributed by atoms with Crippen molar-refractivity contribution in [2.24, 2.45) is 5.92 Å². The molecule has 7 nitrogen and oxygen atoms in total.